The zero-order valence-electron chi connectivity index (χ0n) is 16.4. The lowest BCUT2D eigenvalue weighted by atomic mass is 9.98. The predicted octanol–water partition coefficient (Wildman–Crippen LogP) is 2.16. The summed E-state index contributed by atoms with van der Waals surface area (Å²) in [4.78, 5) is 27.8. The lowest BCUT2D eigenvalue weighted by Gasteiger charge is -2.25. The van der Waals surface area contributed by atoms with E-state index in [0.717, 1.165) is 25.1 Å². The number of hydrogen-bond acceptors (Lipinski definition) is 5. The number of nitrogens with two attached hydrogens (primary N) is 1. The Morgan fingerprint density at radius 2 is 2.07 bits per heavy atom. The van der Waals surface area contributed by atoms with E-state index in [4.69, 9.17) is 10.5 Å². The van der Waals surface area contributed by atoms with Gasteiger partial charge in [0.2, 0.25) is 5.91 Å². The number of amides is 2. The van der Waals surface area contributed by atoms with Crippen molar-refractivity contribution in [2.45, 2.75) is 31.3 Å². The maximum Gasteiger partial charge on any atom is 0.255 e. The zero-order chi connectivity index (χ0) is 19.4. The second-order valence-electron chi connectivity index (χ2n) is 7.42. The van der Waals surface area contributed by atoms with Crippen molar-refractivity contribution in [1.29, 1.82) is 0 Å². The van der Waals surface area contributed by atoms with Gasteiger partial charge in [0.1, 0.15) is 11.8 Å². The molecule has 2 aliphatic rings. The average Bonchev–Trinajstić information content (AvgIpc) is 3.26. The van der Waals surface area contributed by atoms with Crippen molar-refractivity contribution < 1.29 is 14.3 Å². The number of fused-ring (bicyclic) bond motifs is 1. The van der Waals surface area contributed by atoms with Crippen LogP contribution in [0.4, 0.5) is 0 Å². The van der Waals surface area contributed by atoms with E-state index < -0.39 is 6.04 Å². The molecule has 1 aromatic rings. The highest BCUT2D eigenvalue weighted by Gasteiger charge is 2.43. The molecule has 1 saturated heterocycles. The van der Waals surface area contributed by atoms with Gasteiger partial charge in [0.05, 0.1) is 12.7 Å². The Labute approximate surface area is 177 Å². The van der Waals surface area contributed by atoms with Crippen LogP contribution in [-0.4, -0.2) is 61.0 Å². The molecule has 4 atom stereocenters. The molecule has 4 unspecified atom stereocenters. The van der Waals surface area contributed by atoms with Crippen molar-refractivity contribution in [2.75, 3.05) is 32.2 Å². The number of rotatable bonds is 7. The largest absolute Gasteiger partial charge is 0.496 e. The molecular weight excluding hydrogens is 398 g/mol. The first-order chi connectivity index (χ1) is 13.0. The van der Waals surface area contributed by atoms with Gasteiger partial charge < -0.3 is 20.7 Å². The van der Waals surface area contributed by atoms with Gasteiger partial charge in [-0.3, -0.25) is 9.59 Å². The number of carbonyl (C=O) groups excluding carboxylic acids is 2. The van der Waals surface area contributed by atoms with Crippen LogP contribution >= 0.6 is 24.2 Å². The van der Waals surface area contributed by atoms with Gasteiger partial charge in [0, 0.05) is 19.1 Å². The number of methoxy groups -OCH3 is 1. The number of para-hydroxylation sites is 1. The Morgan fingerprint density at radius 3 is 2.75 bits per heavy atom. The molecule has 0 spiro atoms. The predicted molar refractivity (Wildman–Crippen MR) is 115 cm³/mol. The summed E-state index contributed by atoms with van der Waals surface area (Å²) in [5.41, 5.74) is 6.65. The fourth-order valence-electron chi connectivity index (χ4n) is 4.27. The van der Waals surface area contributed by atoms with E-state index in [1.807, 2.05) is 17.2 Å². The van der Waals surface area contributed by atoms with Crippen LogP contribution in [0.25, 0.3) is 0 Å². The third kappa shape index (κ3) is 4.93. The first kappa shape index (κ1) is 22.8. The third-order valence-corrected chi connectivity index (χ3v) is 6.43. The van der Waals surface area contributed by atoms with Crippen LogP contribution in [0.15, 0.2) is 24.3 Å². The van der Waals surface area contributed by atoms with Crippen molar-refractivity contribution >= 4 is 36.0 Å². The van der Waals surface area contributed by atoms with Gasteiger partial charge in [-0.2, -0.15) is 11.8 Å². The number of benzene rings is 1. The van der Waals surface area contributed by atoms with Gasteiger partial charge >= 0.3 is 0 Å². The molecule has 8 heteroatoms. The topological polar surface area (TPSA) is 84.7 Å². The molecule has 6 nitrogen and oxygen atoms in total. The first-order valence-corrected chi connectivity index (χ1v) is 10.9. The summed E-state index contributed by atoms with van der Waals surface area (Å²) in [7, 11) is 1.54. The van der Waals surface area contributed by atoms with Gasteiger partial charge in [-0.05, 0) is 55.2 Å². The van der Waals surface area contributed by atoms with E-state index >= 15 is 0 Å². The zero-order valence-corrected chi connectivity index (χ0v) is 18.1. The maximum atomic E-state index is 13.1. The molecule has 1 aliphatic carbocycles. The van der Waals surface area contributed by atoms with Gasteiger partial charge in [-0.15, -0.1) is 12.4 Å². The fourth-order valence-corrected chi connectivity index (χ4v) is 4.74. The number of halogens is 1. The molecule has 2 fully saturated rings. The quantitative estimate of drug-likeness (QED) is 0.696. The number of ether oxygens (including phenoxy) is 1. The Balaban J connectivity index is 0.00000280. The highest BCUT2D eigenvalue weighted by molar-refractivity contribution is 7.98. The highest BCUT2D eigenvalue weighted by Crippen LogP contribution is 2.37. The molecule has 3 N–H and O–H groups in total. The summed E-state index contributed by atoms with van der Waals surface area (Å²) in [6, 6.07) is 6.74. The molecule has 28 heavy (non-hydrogen) atoms. The van der Waals surface area contributed by atoms with Crippen molar-refractivity contribution in [3.8, 4) is 5.75 Å². The Kier molecular flexibility index (Phi) is 8.46. The fraction of sp³-hybridized carbons (Fsp3) is 0.600. The summed E-state index contributed by atoms with van der Waals surface area (Å²) >= 11 is 1.67. The summed E-state index contributed by atoms with van der Waals surface area (Å²) in [6.45, 7) is 1.47. The van der Waals surface area contributed by atoms with E-state index in [2.05, 4.69) is 5.32 Å². The molecule has 1 saturated carbocycles. The molecule has 1 aliphatic heterocycles. The lowest BCUT2D eigenvalue weighted by Crippen LogP contribution is -2.48. The van der Waals surface area contributed by atoms with Gasteiger partial charge in [0.25, 0.3) is 5.91 Å². The van der Waals surface area contributed by atoms with Gasteiger partial charge in [-0.25, -0.2) is 0 Å². The molecule has 0 aromatic heterocycles. The van der Waals surface area contributed by atoms with Crippen LogP contribution in [0.3, 0.4) is 0 Å². The minimum absolute atomic E-state index is 0. The van der Waals surface area contributed by atoms with Gasteiger partial charge in [0.15, 0.2) is 0 Å². The SMILES string of the molecule is COc1ccccc1C(=O)NC(CCSC)C(=O)N1CC2CCC(N)C2C1.Cl. The van der Waals surface area contributed by atoms with Crippen LogP contribution in [0.5, 0.6) is 5.75 Å². The smallest absolute Gasteiger partial charge is 0.255 e. The maximum absolute atomic E-state index is 13.1. The Morgan fingerprint density at radius 1 is 1.32 bits per heavy atom. The molecule has 156 valence electrons. The van der Waals surface area contributed by atoms with Crippen molar-refractivity contribution in [2.24, 2.45) is 17.6 Å². The summed E-state index contributed by atoms with van der Waals surface area (Å²) in [5.74, 6) is 1.96. The third-order valence-electron chi connectivity index (χ3n) is 5.79. The number of hydrogen-bond donors (Lipinski definition) is 2. The molecule has 2 amide bonds. The molecule has 1 aromatic carbocycles. The van der Waals surface area contributed by atoms with Crippen LogP contribution in [-0.2, 0) is 4.79 Å². The van der Waals surface area contributed by atoms with E-state index in [0.29, 0.717) is 36.1 Å². The van der Waals surface area contributed by atoms with Crippen LogP contribution < -0.4 is 15.8 Å². The number of carbonyl (C=O) groups is 2. The standard InChI is InChI=1S/C20H29N3O3S.ClH/c1-26-18-6-4-3-5-14(18)19(24)22-17(9-10-27-2)20(25)23-11-13-7-8-16(21)15(13)12-23;/h3-6,13,15-17H,7-12,21H2,1-2H3,(H,22,24);1H. The molecule has 3 rings (SSSR count). The van der Waals surface area contributed by atoms with Crippen LogP contribution in [0.1, 0.15) is 29.6 Å². The van der Waals surface area contributed by atoms with Crippen molar-refractivity contribution in [3.63, 3.8) is 0 Å². The molecular formula is C20H30ClN3O3S. The van der Waals surface area contributed by atoms with Crippen molar-refractivity contribution in [3.05, 3.63) is 29.8 Å². The summed E-state index contributed by atoms with van der Waals surface area (Å²) < 4.78 is 5.28. The van der Waals surface area contributed by atoms with Crippen LogP contribution in [0, 0.1) is 11.8 Å². The number of thioether (sulfide) groups is 1. The highest BCUT2D eigenvalue weighted by atomic mass is 35.5. The lowest BCUT2D eigenvalue weighted by molar-refractivity contribution is -0.132. The monoisotopic (exact) mass is 427 g/mol. The van der Waals surface area contributed by atoms with Crippen molar-refractivity contribution in [1.82, 2.24) is 10.2 Å². The van der Waals surface area contributed by atoms with E-state index in [-0.39, 0.29) is 30.3 Å². The van der Waals surface area contributed by atoms with Crippen LogP contribution in [0.2, 0.25) is 0 Å². The Bertz CT molecular complexity index is 690. The second kappa shape index (κ2) is 10.4. The van der Waals surface area contributed by atoms with E-state index in [9.17, 15) is 9.59 Å². The number of nitrogens with zero attached hydrogens (tertiary/aromatic N) is 1. The first-order valence-electron chi connectivity index (χ1n) is 9.52. The number of nitrogens with one attached hydrogen (secondary N) is 1. The average molecular weight is 428 g/mol. The Hall–Kier alpha value is -1.44. The molecule has 1 heterocycles. The van der Waals surface area contributed by atoms with E-state index in [1.165, 1.54) is 7.11 Å². The van der Waals surface area contributed by atoms with Gasteiger partial charge in [-0.1, -0.05) is 12.1 Å². The summed E-state index contributed by atoms with van der Waals surface area (Å²) in [6.07, 6.45) is 4.76. The minimum Gasteiger partial charge on any atom is -0.496 e. The molecule has 0 bridgehead atoms. The molecule has 0 radical (unpaired) electrons. The second-order valence-corrected chi connectivity index (χ2v) is 8.40. The summed E-state index contributed by atoms with van der Waals surface area (Å²) in [5, 5.41) is 2.94. The van der Waals surface area contributed by atoms with E-state index in [1.54, 1.807) is 30.0 Å². The number of likely N-dealkylation sites (tertiary alicyclic amines) is 1. The minimum atomic E-state index is -0.523. The normalized spacial score (nSPS) is 24.2.